The van der Waals surface area contributed by atoms with Gasteiger partial charge in [-0.25, -0.2) is 24.9 Å². The first-order chi connectivity index (χ1) is 63.5. The Hall–Kier alpha value is -17.2. The molecule has 0 unspecified atom stereocenters. The summed E-state index contributed by atoms with van der Waals surface area (Å²) in [6, 6.07) is 161. The minimum Gasteiger partial charge on any atom is -0.292 e. The highest BCUT2D eigenvalue weighted by molar-refractivity contribution is 6.25. The second kappa shape index (κ2) is 31.6. The van der Waals surface area contributed by atoms with Crippen molar-refractivity contribution in [1.29, 1.82) is 0 Å². The van der Waals surface area contributed by atoms with E-state index in [4.69, 9.17) is 29.9 Å². The van der Waals surface area contributed by atoms with E-state index in [-0.39, 0.29) is 0 Å². The normalized spacial score (nSPS) is 11.6. The van der Waals surface area contributed by atoms with E-state index < -0.39 is 0 Å². The Kier molecular flexibility index (Phi) is 18.4. The Morgan fingerprint density at radius 1 is 0.164 bits per heavy atom. The van der Waals surface area contributed by atoms with E-state index in [1.165, 1.54) is 108 Å². The van der Waals surface area contributed by atoms with Crippen molar-refractivity contribution in [3.8, 4) is 101 Å². The van der Waals surface area contributed by atoms with Crippen LogP contribution in [0.5, 0.6) is 0 Å². The van der Waals surface area contributed by atoms with Crippen LogP contribution in [-0.4, -0.2) is 39.0 Å². The third-order valence-corrected chi connectivity index (χ3v) is 25.3. The van der Waals surface area contributed by atoms with Crippen LogP contribution in [0.3, 0.4) is 0 Å². The van der Waals surface area contributed by atoms with Crippen LogP contribution in [0.1, 0.15) is 0 Å². The quantitative estimate of drug-likeness (QED) is 0.127. The zero-order valence-electron chi connectivity index (χ0n) is 69.5. The summed E-state index contributed by atoms with van der Waals surface area (Å²) in [4.78, 5) is 30.3. The van der Waals surface area contributed by atoms with Gasteiger partial charge in [-0.15, -0.1) is 0 Å². The van der Waals surface area contributed by atoms with Gasteiger partial charge in [0.15, 0.2) is 0 Å². The first-order valence-corrected chi connectivity index (χ1v) is 43.4. The zero-order chi connectivity index (χ0) is 84.5. The molecule has 0 saturated heterocycles. The third-order valence-electron chi connectivity index (χ3n) is 25.3. The molecule has 0 atom stereocenters. The Bertz CT molecular complexity index is 8800. The van der Waals surface area contributed by atoms with Gasteiger partial charge in [0.05, 0.1) is 61.4 Å². The number of benzene rings is 20. The van der Waals surface area contributed by atoms with Crippen molar-refractivity contribution < 1.29 is 0 Å². The number of imidazole rings is 2. The van der Waals surface area contributed by atoms with Crippen LogP contribution < -0.4 is 0 Å². The Labute approximate surface area is 737 Å². The molecular formula is C120H76N8. The standard InChI is InChI=1S/2C42H27N3.C36H22N2/c1-2-11-33(12-3-1)45-39-17-9-8-16-38(39)44-42(45)32-24-20-29(21-25-32)28-18-22-31(23-19-28)41-36-27-26-30-10-4-5-13-34(30)40(36)35-14-6-7-15-37(35)43-41;1-2-11-32(12-3-1)42-44-38-16-8-9-17-39(38)45(42)33-25-22-29(23-26-33)28-18-20-31(21-19-28)41-36-27-24-30-10-4-5-13-34(30)40(36)35-14-6-7-15-37(35)43-41;1-3-9-28-23(7-1)13-14-25-15-16-26(21-32(25)28)34-22-27(19-20-37-34)36-31-18-17-24-8-2-4-10-29(24)35(31)30-11-5-6-12-33(30)38-36/h2*1-27H;1-22H. The van der Waals surface area contributed by atoms with Gasteiger partial charge in [0.25, 0.3) is 0 Å². The fraction of sp³-hybridized carbons (Fsp3) is 0. The summed E-state index contributed by atoms with van der Waals surface area (Å²) in [5, 5.41) is 23.3. The molecule has 6 heterocycles. The molecule has 0 N–H and O–H groups in total. The van der Waals surface area contributed by atoms with E-state index in [0.717, 1.165) is 134 Å². The number of hydrogen-bond donors (Lipinski definition) is 0. The number of aromatic nitrogens is 8. The highest BCUT2D eigenvalue weighted by atomic mass is 15.1. The number of pyridine rings is 4. The van der Waals surface area contributed by atoms with Crippen molar-refractivity contribution in [2.45, 2.75) is 0 Å². The van der Waals surface area contributed by atoms with Crippen molar-refractivity contribution in [1.82, 2.24) is 39.0 Å². The average molecular weight is 1630 g/mol. The van der Waals surface area contributed by atoms with Gasteiger partial charge in [0.1, 0.15) is 11.6 Å². The third kappa shape index (κ3) is 13.3. The predicted molar refractivity (Wildman–Crippen MR) is 536 cm³/mol. The van der Waals surface area contributed by atoms with Crippen LogP contribution in [0.4, 0.5) is 0 Å². The van der Waals surface area contributed by atoms with Crippen molar-refractivity contribution in [2.24, 2.45) is 0 Å². The maximum atomic E-state index is 5.18. The molecule has 0 aliphatic carbocycles. The lowest BCUT2D eigenvalue weighted by molar-refractivity contribution is 1.10. The first kappa shape index (κ1) is 74.6. The van der Waals surface area contributed by atoms with Gasteiger partial charge in [0, 0.05) is 99.4 Å². The molecule has 0 saturated carbocycles. The van der Waals surface area contributed by atoms with Crippen LogP contribution in [0.25, 0.3) is 242 Å². The highest BCUT2D eigenvalue weighted by Gasteiger charge is 2.22. The minimum absolute atomic E-state index is 0.936. The number of nitrogens with zero attached hydrogens (tertiary/aromatic N) is 8. The summed E-state index contributed by atoms with van der Waals surface area (Å²) in [7, 11) is 0. The minimum atomic E-state index is 0.936. The molecule has 0 radical (unpaired) electrons. The number of para-hydroxylation sites is 8. The fourth-order valence-corrected chi connectivity index (χ4v) is 19.1. The zero-order valence-corrected chi connectivity index (χ0v) is 69.5. The summed E-state index contributed by atoms with van der Waals surface area (Å²) in [5.74, 6) is 1.88. The Morgan fingerprint density at radius 3 is 0.922 bits per heavy atom. The maximum Gasteiger partial charge on any atom is 0.145 e. The molecule has 0 fully saturated rings. The maximum absolute atomic E-state index is 5.18. The molecule has 8 nitrogen and oxygen atoms in total. The van der Waals surface area contributed by atoms with Crippen LogP contribution in [-0.2, 0) is 0 Å². The second-order valence-corrected chi connectivity index (χ2v) is 32.7. The van der Waals surface area contributed by atoms with Crippen molar-refractivity contribution in [3.05, 3.63) is 461 Å². The van der Waals surface area contributed by atoms with Gasteiger partial charge in [-0.1, -0.05) is 370 Å². The lowest BCUT2D eigenvalue weighted by Crippen LogP contribution is -1.97. The van der Waals surface area contributed by atoms with E-state index in [0.29, 0.717) is 0 Å². The SMILES string of the molecule is c1ccc(-c2nc3ccccc3n2-c2ccc(-c3ccc(-c4nc5ccccc5c5c4ccc4ccccc45)cc3)cc2)cc1.c1ccc(-n2c(-c3ccc(-c4ccc(-c5nc6ccccc6c6c5ccc5ccccc56)cc4)cc3)nc3ccccc32)cc1.c1ccc2c(c1)ccc1ccc(-c3cc(-c4nc5ccccc5c5c4ccc4ccccc45)ccn3)cc12. The van der Waals surface area contributed by atoms with E-state index in [1.54, 1.807) is 0 Å². The molecule has 596 valence electrons. The lowest BCUT2D eigenvalue weighted by atomic mass is 9.94. The lowest BCUT2D eigenvalue weighted by Gasteiger charge is -2.13. The summed E-state index contributed by atoms with van der Waals surface area (Å²) in [5.41, 5.74) is 24.5. The van der Waals surface area contributed by atoms with Crippen molar-refractivity contribution in [2.75, 3.05) is 0 Å². The van der Waals surface area contributed by atoms with E-state index in [2.05, 4.69) is 440 Å². The van der Waals surface area contributed by atoms with Gasteiger partial charge in [-0.3, -0.25) is 14.1 Å². The summed E-state index contributed by atoms with van der Waals surface area (Å²) in [6.45, 7) is 0. The van der Waals surface area contributed by atoms with Crippen molar-refractivity contribution >= 4 is 141 Å². The van der Waals surface area contributed by atoms with Gasteiger partial charge in [0.2, 0.25) is 0 Å². The highest BCUT2D eigenvalue weighted by Crippen LogP contribution is 2.44. The van der Waals surface area contributed by atoms with Crippen LogP contribution in [0.2, 0.25) is 0 Å². The molecule has 20 aromatic carbocycles. The number of fused-ring (bicyclic) bond motifs is 20. The Balaban J connectivity index is 0.000000107. The number of hydrogen-bond acceptors (Lipinski definition) is 6. The smallest absolute Gasteiger partial charge is 0.145 e. The van der Waals surface area contributed by atoms with Crippen molar-refractivity contribution in [3.63, 3.8) is 0 Å². The molecule has 6 aromatic heterocycles. The molecule has 0 bridgehead atoms. The second-order valence-electron chi connectivity index (χ2n) is 32.7. The molecule has 0 amide bonds. The fourth-order valence-electron chi connectivity index (χ4n) is 19.1. The molecule has 0 aliphatic rings. The predicted octanol–water partition coefficient (Wildman–Crippen LogP) is 31.3. The van der Waals surface area contributed by atoms with Gasteiger partial charge in [-0.05, 0) is 161 Å². The molecule has 26 aromatic rings. The molecule has 128 heavy (non-hydrogen) atoms. The van der Waals surface area contributed by atoms with Gasteiger partial charge >= 0.3 is 0 Å². The Morgan fingerprint density at radius 2 is 0.469 bits per heavy atom. The average Bonchev–Trinajstić information content (AvgIpc) is 1.39. The molecule has 26 rings (SSSR count). The molecule has 0 spiro atoms. The van der Waals surface area contributed by atoms with E-state index in [1.807, 2.05) is 30.5 Å². The first-order valence-electron chi connectivity index (χ1n) is 43.4. The van der Waals surface area contributed by atoms with Crippen LogP contribution in [0, 0.1) is 0 Å². The molecule has 0 aliphatic heterocycles. The van der Waals surface area contributed by atoms with Gasteiger partial charge in [-0.2, -0.15) is 0 Å². The summed E-state index contributed by atoms with van der Waals surface area (Å²) < 4.78 is 4.49. The topological polar surface area (TPSA) is 87.2 Å². The summed E-state index contributed by atoms with van der Waals surface area (Å²) >= 11 is 0. The van der Waals surface area contributed by atoms with Crippen LogP contribution >= 0.6 is 0 Å². The molecular weight excluding hydrogens is 1550 g/mol. The monoisotopic (exact) mass is 1630 g/mol. The number of rotatable bonds is 10. The van der Waals surface area contributed by atoms with Gasteiger partial charge < -0.3 is 0 Å². The summed E-state index contributed by atoms with van der Waals surface area (Å²) in [6.07, 6.45) is 1.90. The molecule has 8 heteroatoms. The van der Waals surface area contributed by atoms with E-state index >= 15 is 0 Å². The van der Waals surface area contributed by atoms with Crippen LogP contribution in [0.15, 0.2) is 461 Å². The van der Waals surface area contributed by atoms with E-state index in [9.17, 15) is 0 Å². The largest absolute Gasteiger partial charge is 0.292 e.